The van der Waals surface area contributed by atoms with Crippen LogP contribution in [0.1, 0.15) is 27.4 Å². The average Bonchev–Trinajstić information content (AvgIpc) is 3.21. The van der Waals surface area contributed by atoms with Gasteiger partial charge in [-0.25, -0.2) is 9.67 Å². The van der Waals surface area contributed by atoms with Gasteiger partial charge < -0.3 is 9.30 Å². The van der Waals surface area contributed by atoms with Crippen LogP contribution in [-0.2, 0) is 6.54 Å². The number of nitrogens with zero attached hydrogens (tertiary/aromatic N) is 5. The van der Waals surface area contributed by atoms with E-state index < -0.39 is 0 Å². The van der Waals surface area contributed by atoms with Crippen LogP contribution in [0.15, 0.2) is 60.9 Å². The number of hydrogen-bond donors (Lipinski definition) is 0. The van der Waals surface area contributed by atoms with Crippen molar-refractivity contribution in [2.75, 3.05) is 7.05 Å². The van der Waals surface area contributed by atoms with E-state index in [9.17, 15) is 4.79 Å². The maximum Gasteiger partial charge on any atom is 0.257 e. The van der Waals surface area contributed by atoms with Crippen LogP contribution in [0, 0.1) is 13.8 Å². The van der Waals surface area contributed by atoms with E-state index >= 15 is 0 Å². The van der Waals surface area contributed by atoms with Gasteiger partial charge in [0.2, 0.25) is 0 Å². The van der Waals surface area contributed by atoms with Crippen LogP contribution >= 0.6 is 0 Å². The summed E-state index contributed by atoms with van der Waals surface area (Å²) in [6, 6.07) is 15.7. The molecule has 4 rings (SSSR count). The van der Waals surface area contributed by atoms with Gasteiger partial charge in [0.15, 0.2) is 0 Å². The van der Waals surface area contributed by atoms with Gasteiger partial charge in [0, 0.05) is 19.4 Å². The van der Waals surface area contributed by atoms with E-state index in [4.69, 9.17) is 0 Å². The molecule has 0 saturated carbocycles. The lowest BCUT2D eigenvalue weighted by Crippen LogP contribution is -2.27. The number of benzene rings is 1. The van der Waals surface area contributed by atoms with Gasteiger partial charge in [0.1, 0.15) is 5.65 Å². The molecule has 0 aliphatic rings. The molecule has 0 unspecified atom stereocenters. The van der Waals surface area contributed by atoms with Crippen LogP contribution in [0.25, 0.3) is 11.3 Å². The molecule has 0 saturated heterocycles. The van der Waals surface area contributed by atoms with E-state index in [2.05, 4.69) is 10.1 Å². The molecule has 0 aliphatic carbocycles. The number of amides is 1. The maximum atomic E-state index is 13.1. The molecule has 0 aliphatic heterocycles. The Morgan fingerprint density at radius 2 is 1.81 bits per heavy atom. The number of pyridine rings is 1. The van der Waals surface area contributed by atoms with Crippen LogP contribution in [-0.4, -0.2) is 37.0 Å². The highest BCUT2D eigenvalue weighted by Crippen LogP contribution is 2.20. The van der Waals surface area contributed by atoms with Gasteiger partial charge in [-0.1, -0.05) is 24.3 Å². The average molecular weight is 359 g/mol. The summed E-state index contributed by atoms with van der Waals surface area (Å²) in [5, 5.41) is 4.58. The summed E-state index contributed by atoms with van der Waals surface area (Å²) in [4.78, 5) is 19.4. The van der Waals surface area contributed by atoms with Crippen molar-refractivity contribution >= 4 is 11.6 Å². The minimum Gasteiger partial charge on any atom is -0.336 e. The highest BCUT2D eigenvalue weighted by Gasteiger charge is 2.23. The number of carbonyl (C=O) groups is 1. The molecule has 1 aromatic carbocycles. The van der Waals surface area contributed by atoms with Crippen molar-refractivity contribution in [3.63, 3.8) is 0 Å². The Morgan fingerprint density at radius 1 is 1.07 bits per heavy atom. The van der Waals surface area contributed by atoms with Crippen LogP contribution in [0.2, 0.25) is 0 Å². The third-order valence-electron chi connectivity index (χ3n) is 4.67. The lowest BCUT2D eigenvalue weighted by Gasteiger charge is -2.16. The van der Waals surface area contributed by atoms with Gasteiger partial charge in [-0.2, -0.15) is 5.10 Å². The molecule has 6 heteroatoms. The molecule has 0 spiro atoms. The highest BCUT2D eigenvalue weighted by atomic mass is 16.2. The first-order valence-electron chi connectivity index (χ1n) is 8.84. The van der Waals surface area contributed by atoms with Crippen LogP contribution < -0.4 is 0 Å². The fourth-order valence-corrected chi connectivity index (χ4v) is 3.34. The second kappa shape index (κ2) is 6.72. The van der Waals surface area contributed by atoms with Crippen molar-refractivity contribution in [1.29, 1.82) is 0 Å². The smallest absolute Gasteiger partial charge is 0.257 e. The first kappa shape index (κ1) is 17.0. The molecule has 0 radical (unpaired) electrons. The predicted molar refractivity (Wildman–Crippen MR) is 104 cm³/mol. The van der Waals surface area contributed by atoms with Gasteiger partial charge in [-0.3, -0.25) is 4.79 Å². The summed E-state index contributed by atoms with van der Waals surface area (Å²) in [7, 11) is 1.80. The van der Waals surface area contributed by atoms with Crippen molar-refractivity contribution in [3.8, 4) is 5.69 Å². The summed E-state index contributed by atoms with van der Waals surface area (Å²) < 4.78 is 3.78. The summed E-state index contributed by atoms with van der Waals surface area (Å²) in [6.45, 7) is 4.24. The summed E-state index contributed by atoms with van der Waals surface area (Å²) in [5.74, 6) is -0.0516. The number of hydrogen-bond acceptors (Lipinski definition) is 3. The van der Waals surface area contributed by atoms with Gasteiger partial charge in [-0.15, -0.1) is 0 Å². The van der Waals surface area contributed by atoms with Crippen LogP contribution in [0.5, 0.6) is 0 Å². The van der Waals surface area contributed by atoms with Crippen LogP contribution in [0.3, 0.4) is 0 Å². The fraction of sp³-hybridized carbons (Fsp3) is 0.190. The molecule has 136 valence electrons. The topological polar surface area (TPSA) is 55.4 Å². The number of carbonyl (C=O) groups excluding carboxylic acids is 1. The first-order chi connectivity index (χ1) is 13.0. The molecule has 0 fully saturated rings. The maximum absolute atomic E-state index is 13.1. The van der Waals surface area contributed by atoms with Crippen molar-refractivity contribution in [2.45, 2.75) is 20.4 Å². The number of aryl methyl sites for hydroxylation is 1. The monoisotopic (exact) mass is 359 g/mol. The molecule has 6 nitrogen and oxygen atoms in total. The number of imidazole rings is 1. The van der Waals surface area contributed by atoms with Crippen LogP contribution in [0.4, 0.5) is 0 Å². The first-order valence-corrected chi connectivity index (χ1v) is 8.84. The highest BCUT2D eigenvalue weighted by molar-refractivity contribution is 5.96. The van der Waals surface area contributed by atoms with Crippen molar-refractivity contribution in [3.05, 3.63) is 83.6 Å². The van der Waals surface area contributed by atoms with Crippen molar-refractivity contribution in [1.82, 2.24) is 24.1 Å². The Balaban J connectivity index is 1.61. The predicted octanol–water partition coefficient (Wildman–Crippen LogP) is 3.41. The molecule has 0 bridgehead atoms. The molecular weight excluding hydrogens is 338 g/mol. The lowest BCUT2D eigenvalue weighted by molar-refractivity contribution is 0.0782. The largest absolute Gasteiger partial charge is 0.336 e. The molecule has 3 aromatic heterocycles. The number of para-hydroxylation sites is 1. The molecule has 0 N–H and O–H groups in total. The minimum absolute atomic E-state index is 0.0516. The van der Waals surface area contributed by atoms with Gasteiger partial charge >= 0.3 is 0 Å². The second-order valence-electron chi connectivity index (χ2n) is 6.65. The van der Waals surface area contributed by atoms with E-state index in [0.717, 1.165) is 28.4 Å². The van der Waals surface area contributed by atoms with E-state index in [1.54, 1.807) is 11.9 Å². The standard InChI is InChI=1S/C21H21N5O/c1-15-20(16(2)26(23-15)18-9-5-4-6-10-18)21(27)24(3)13-17-14-25-12-8-7-11-19(25)22-17/h4-12,14H,13H2,1-3H3. The lowest BCUT2D eigenvalue weighted by atomic mass is 10.1. The van der Waals surface area contributed by atoms with Gasteiger partial charge in [-0.05, 0) is 38.1 Å². The fourth-order valence-electron chi connectivity index (χ4n) is 3.34. The molecule has 4 aromatic rings. The molecular formula is C21H21N5O. The minimum atomic E-state index is -0.0516. The van der Waals surface area contributed by atoms with Crippen molar-refractivity contribution < 1.29 is 4.79 Å². The third kappa shape index (κ3) is 3.10. The summed E-state index contributed by atoms with van der Waals surface area (Å²) in [5.41, 5.74) is 4.87. The number of aromatic nitrogens is 4. The number of fused-ring (bicyclic) bond motifs is 1. The second-order valence-corrected chi connectivity index (χ2v) is 6.65. The Labute approximate surface area is 157 Å². The molecule has 3 heterocycles. The SMILES string of the molecule is Cc1nn(-c2ccccc2)c(C)c1C(=O)N(C)Cc1cn2ccccc2n1. The van der Waals surface area contributed by atoms with Crippen molar-refractivity contribution in [2.24, 2.45) is 0 Å². The third-order valence-corrected chi connectivity index (χ3v) is 4.67. The molecule has 27 heavy (non-hydrogen) atoms. The summed E-state index contributed by atoms with van der Waals surface area (Å²) in [6.07, 6.45) is 3.90. The zero-order valence-corrected chi connectivity index (χ0v) is 15.6. The summed E-state index contributed by atoms with van der Waals surface area (Å²) >= 11 is 0. The Morgan fingerprint density at radius 3 is 2.56 bits per heavy atom. The number of rotatable bonds is 4. The molecule has 0 atom stereocenters. The zero-order valence-electron chi connectivity index (χ0n) is 15.6. The van der Waals surface area contributed by atoms with E-state index in [1.807, 2.05) is 83.9 Å². The van der Waals surface area contributed by atoms with Gasteiger partial charge in [0.25, 0.3) is 5.91 Å². The van der Waals surface area contributed by atoms with E-state index in [-0.39, 0.29) is 5.91 Å². The Bertz CT molecular complexity index is 1080. The quantitative estimate of drug-likeness (QED) is 0.561. The molecule has 1 amide bonds. The Kier molecular flexibility index (Phi) is 4.24. The Hall–Kier alpha value is -3.41. The zero-order chi connectivity index (χ0) is 19.0. The van der Waals surface area contributed by atoms with Gasteiger partial charge in [0.05, 0.1) is 34.9 Å². The van der Waals surface area contributed by atoms with E-state index in [0.29, 0.717) is 12.1 Å². The van der Waals surface area contributed by atoms with E-state index in [1.165, 1.54) is 0 Å². The normalized spacial score (nSPS) is 11.1.